The van der Waals surface area contributed by atoms with Crippen LogP contribution in [0.15, 0.2) is 6.07 Å². The third kappa shape index (κ3) is 2.98. The Morgan fingerprint density at radius 1 is 1.45 bits per heavy atom. The zero-order chi connectivity index (χ0) is 14.7. The number of hydrazine groups is 1. The number of thiophene rings is 1. The zero-order valence-electron chi connectivity index (χ0n) is 11.5. The molecule has 0 radical (unpaired) electrons. The fraction of sp³-hybridized carbons (Fsp3) is 0.462. The molecular weight excluding hydrogens is 278 g/mol. The molecular formula is C13H17N3O3S. The van der Waals surface area contributed by atoms with Gasteiger partial charge in [-0.3, -0.25) is 20.3 Å². The van der Waals surface area contributed by atoms with Crippen molar-refractivity contribution in [1.82, 2.24) is 15.8 Å². The summed E-state index contributed by atoms with van der Waals surface area (Å²) in [7, 11) is 0. The molecule has 0 aromatic carbocycles. The van der Waals surface area contributed by atoms with Crippen LogP contribution in [0, 0.1) is 0 Å². The van der Waals surface area contributed by atoms with Gasteiger partial charge in [0.2, 0.25) is 5.91 Å². The first kappa shape index (κ1) is 14.5. The summed E-state index contributed by atoms with van der Waals surface area (Å²) < 4.78 is 0. The summed E-state index contributed by atoms with van der Waals surface area (Å²) >= 11 is 1.45. The number of carbonyl (C=O) groups excluding carboxylic acids is 3. The van der Waals surface area contributed by atoms with Gasteiger partial charge in [0, 0.05) is 4.88 Å². The molecule has 0 spiro atoms. The smallest absolute Gasteiger partial charge is 0.275 e. The number of imide groups is 1. The van der Waals surface area contributed by atoms with E-state index < -0.39 is 11.9 Å². The molecule has 2 heterocycles. The van der Waals surface area contributed by atoms with Crippen LogP contribution in [0.2, 0.25) is 0 Å². The van der Waals surface area contributed by atoms with Gasteiger partial charge in [0.25, 0.3) is 5.91 Å². The minimum atomic E-state index is -0.593. The van der Waals surface area contributed by atoms with E-state index >= 15 is 0 Å². The predicted octanol–water partition coefficient (Wildman–Crippen LogP) is 1.46. The SMILES string of the molecule is CCCc1sc(C(=O)NN2CC(=O)NC2=O)cc1CC. The summed E-state index contributed by atoms with van der Waals surface area (Å²) in [6.07, 6.45) is 2.85. The summed E-state index contributed by atoms with van der Waals surface area (Å²) in [6.45, 7) is 4.01. The standard InChI is InChI=1S/C13H17N3O3S/c1-3-5-9-8(4-2)6-10(20-9)12(18)15-16-7-11(17)14-13(16)19/h6H,3-5,7H2,1-2H3,(H,15,18)(H,14,17,19). The number of aryl methyl sites for hydroxylation is 2. The maximum absolute atomic E-state index is 12.1. The van der Waals surface area contributed by atoms with Crippen molar-refractivity contribution in [3.63, 3.8) is 0 Å². The predicted molar refractivity (Wildman–Crippen MR) is 75.4 cm³/mol. The number of hydrogen-bond donors (Lipinski definition) is 2. The minimum absolute atomic E-state index is 0.140. The van der Waals surface area contributed by atoms with Gasteiger partial charge in [-0.15, -0.1) is 11.3 Å². The van der Waals surface area contributed by atoms with E-state index in [1.165, 1.54) is 21.8 Å². The summed E-state index contributed by atoms with van der Waals surface area (Å²) in [5.41, 5.74) is 3.62. The number of nitrogens with one attached hydrogen (secondary N) is 2. The van der Waals surface area contributed by atoms with Crippen LogP contribution in [0.5, 0.6) is 0 Å². The molecule has 1 fully saturated rings. The monoisotopic (exact) mass is 295 g/mol. The van der Waals surface area contributed by atoms with Crippen LogP contribution in [0.4, 0.5) is 4.79 Å². The lowest BCUT2D eigenvalue weighted by atomic mass is 10.1. The van der Waals surface area contributed by atoms with Gasteiger partial charge in [-0.1, -0.05) is 20.3 Å². The summed E-state index contributed by atoms with van der Waals surface area (Å²) in [4.78, 5) is 36.3. The van der Waals surface area contributed by atoms with Crippen molar-refractivity contribution < 1.29 is 14.4 Å². The summed E-state index contributed by atoms with van der Waals surface area (Å²) in [5.74, 6) is -0.765. The van der Waals surface area contributed by atoms with Crippen molar-refractivity contribution in [3.8, 4) is 0 Å². The van der Waals surface area contributed by atoms with E-state index in [0.29, 0.717) is 4.88 Å². The zero-order valence-corrected chi connectivity index (χ0v) is 12.3. The molecule has 7 heteroatoms. The molecule has 2 N–H and O–H groups in total. The van der Waals surface area contributed by atoms with Crippen molar-refractivity contribution in [2.45, 2.75) is 33.1 Å². The summed E-state index contributed by atoms with van der Waals surface area (Å²) in [5, 5.41) is 3.10. The molecule has 1 aliphatic heterocycles. The number of nitrogens with zero attached hydrogens (tertiary/aromatic N) is 1. The van der Waals surface area contributed by atoms with Crippen molar-refractivity contribution in [2.24, 2.45) is 0 Å². The Kier molecular flexibility index (Phi) is 4.39. The first-order chi connectivity index (χ1) is 9.55. The van der Waals surface area contributed by atoms with Gasteiger partial charge in [-0.2, -0.15) is 0 Å². The maximum Gasteiger partial charge on any atom is 0.343 e. The van der Waals surface area contributed by atoms with Crippen molar-refractivity contribution in [2.75, 3.05) is 6.54 Å². The Bertz CT molecular complexity index is 553. The molecule has 0 saturated carbocycles. The van der Waals surface area contributed by atoms with E-state index in [0.717, 1.165) is 24.3 Å². The number of amides is 4. The molecule has 20 heavy (non-hydrogen) atoms. The molecule has 0 unspecified atom stereocenters. The van der Waals surface area contributed by atoms with Crippen LogP contribution < -0.4 is 10.7 Å². The molecule has 1 aromatic heterocycles. The highest BCUT2D eigenvalue weighted by Crippen LogP contribution is 2.24. The topological polar surface area (TPSA) is 78.5 Å². The third-order valence-corrected chi connectivity index (χ3v) is 4.24. The van der Waals surface area contributed by atoms with E-state index in [9.17, 15) is 14.4 Å². The maximum atomic E-state index is 12.1. The number of hydrogen-bond acceptors (Lipinski definition) is 4. The highest BCUT2D eigenvalue weighted by Gasteiger charge is 2.28. The quantitative estimate of drug-likeness (QED) is 0.807. The lowest BCUT2D eigenvalue weighted by Gasteiger charge is -2.13. The van der Waals surface area contributed by atoms with E-state index in [1.54, 1.807) is 0 Å². The molecule has 108 valence electrons. The molecule has 0 bridgehead atoms. The Morgan fingerprint density at radius 3 is 2.75 bits per heavy atom. The lowest BCUT2D eigenvalue weighted by Crippen LogP contribution is -2.43. The molecule has 0 aliphatic carbocycles. The second-order valence-corrected chi connectivity index (χ2v) is 5.68. The average molecular weight is 295 g/mol. The van der Waals surface area contributed by atoms with Gasteiger partial charge in [0.05, 0.1) is 4.88 Å². The molecule has 1 aromatic rings. The molecule has 6 nitrogen and oxygen atoms in total. The van der Waals surface area contributed by atoms with Crippen LogP contribution in [-0.2, 0) is 17.6 Å². The van der Waals surface area contributed by atoms with Crippen LogP contribution in [-0.4, -0.2) is 29.4 Å². The second-order valence-electron chi connectivity index (χ2n) is 4.54. The van der Waals surface area contributed by atoms with Gasteiger partial charge >= 0.3 is 6.03 Å². The molecule has 2 rings (SSSR count). The summed E-state index contributed by atoms with van der Waals surface area (Å²) in [6, 6.07) is 1.27. The fourth-order valence-electron chi connectivity index (χ4n) is 2.03. The van der Waals surface area contributed by atoms with Gasteiger partial charge in [-0.25, -0.2) is 9.80 Å². The highest BCUT2D eigenvalue weighted by atomic mass is 32.1. The number of rotatable bonds is 5. The van der Waals surface area contributed by atoms with Crippen LogP contribution in [0.25, 0.3) is 0 Å². The van der Waals surface area contributed by atoms with Crippen LogP contribution in [0.3, 0.4) is 0 Å². The molecule has 4 amide bonds. The van der Waals surface area contributed by atoms with Crippen LogP contribution in [0.1, 0.15) is 40.4 Å². The highest BCUT2D eigenvalue weighted by molar-refractivity contribution is 7.14. The first-order valence-corrected chi connectivity index (χ1v) is 7.40. The molecule has 0 atom stereocenters. The number of urea groups is 1. The van der Waals surface area contributed by atoms with Crippen molar-refractivity contribution >= 4 is 29.2 Å². The van der Waals surface area contributed by atoms with E-state index in [4.69, 9.17) is 0 Å². The largest absolute Gasteiger partial charge is 0.343 e. The Morgan fingerprint density at radius 2 is 2.20 bits per heavy atom. The van der Waals surface area contributed by atoms with E-state index in [-0.39, 0.29) is 12.5 Å². The normalized spacial score (nSPS) is 14.6. The Balaban J connectivity index is 2.09. The van der Waals surface area contributed by atoms with Gasteiger partial charge in [0.1, 0.15) is 6.54 Å². The number of carbonyl (C=O) groups is 3. The van der Waals surface area contributed by atoms with Crippen LogP contribution >= 0.6 is 11.3 Å². The first-order valence-electron chi connectivity index (χ1n) is 6.59. The Labute approximate surface area is 121 Å². The third-order valence-electron chi connectivity index (χ3n) is 3.01. The lowest BCUT2D eigenvalue weighted by molar-refractivity contribution is -0.118. The van der Waals surface area contributed by atoms with Gasteiger partial charge in [0.15, 0.2) is 0 Å². The van der Waals surface area contributed by atoms with Gasteiger partial charge < -0.3 is 0 Å². The Hall–Kier alpha value is -1.89. The molecule has 1 saturated heterocycles. The molecule has 1 aliphatic rings. The van der Waals surface area contributed by atoms with Gasteiger partial charge in [-0.05, 0) is 24.5 Å². The van der Waals surface area contributed by atoms with E-state index in [2.05, 4.69) is 24.6 Å². The van der Waals surface area contributed by atoms with E-state index in [1.807, 2.05) is 6.07 Å². The van der Waals surface area contributed by atoms with Crippen molar-refractivity contribution in [3.05, 3.63) is 21.4 Å². The average Bonchev–Trinajstić information content (AvgIpc) is 2.94. The second kappa shape index (κ2) is 6.04. The van der Waals surface area contributed by atoms with Crippen molar-refractivity contribution in [1.29, 1.82) is 0 Å². The fourth-order valence-corrected chi connectivity index (χ4v) is 3.27. The minimum Gasteiger partial charge on any atom is -0.275 e.